The Bertz CT molecular complexity index is 374. The smallest absolute Gasteiger partial charge is 0.211 e. The van der Waals surface area contributed by atoms with Crippen LogP contribution in [0.5, 0.6) is 0 Å². The molecule has 1 rings (SSSR count). The monoisotopic (exact) mass is 246 g/mol. The molecule has 16 heavy (non-hydrogen) atoms. The number of nitrogens with zero attached hydrogens (tertiary/aromatic N) is 1. The predicted molar refractivity (Wildman–Crippen MR) is 62.4 cm³/mol. The van der Waals surface area contributed by atoms with Crippen LogP contribution in [0.1, 0.15) is 18.5 Å². The van der Waals surface area contributed by atoms with Gasteiger partial charge in [-0.1, -0.05) is 0 Å². The van der Waals surface area contributed by atoms with E-state index >= 15 is 0 Å². The Labute approximate surface area is 95.7 Å². The van der Waals surface area contributed by atoms with Gasteiger partial charge >= 0.3 is 0 Å². The number of imidazole rings is 1. The highest BCUT2D eigenvalue weighted by atomic mass is 32.2. The predicted octanol–water partition coefficient (Wildman–Crippen LogP) is -0.389. The van der Waals surface area contributed by atoms with Gasteiger partial charge in [0.1, 0.15) is 0 Å². The maximum Gasteiger partial charge on any atom is 0.211 e. The fourth-order valence-electron chi connectivity index (χ4n) is 1.27. The molecule has 0 bridgehead atoms. The number of unbranched alkanes of at least 4 members (excludes halogenated alkanes) is 1. The number of hydrogen-bond donors (Lipinski definition) is 3. The Morgan fingerprint density at radius 3 is 2.88 bits per heavy atom. The molecule has 0 aliphatic rings. The third-order valence-electron chi connectivity index (χ3n) is 2.14. The summed E-state index contributed by atoms with van der Waals surface area (Å²) in [6.45, 7) is 0.927. The topological polar surface area (TPSA) is 101 Å². The van der Waals surface area contributed by atoms with Crippen molar-refractivity contribution in [2.45, 2.75) is 19.3 Å². The van der Waals surface area contributed by atoms with Gasteiger partial charge in [0.15, 0.2) is 0 Å². The number of rotatable bonds is 8. The van der Waals surface area contributed by atoms with Gasteiger partial charge in [-0.05, 0) is 19.4 Å². The van der Waals surface area contributed by atoms with Crippen LogP contribution in [0.4, 0.5) is 0 Å². The average Bonchev–Trinajstić information content (AvgIpc) is 2.70. The molecule has 0 spiro atoms. The lowest BCUT2D eigenvalue weighted by atomic mass is 10.3. The number of nitrogens with two attached hydrogens (primary N) is 1. The molecule has 92 valence electrons. The molecule has 0 radical (unpaired) electrons. The lowest BCUT2D eigenvalue weighted by Gasteiger charge is -2.05. The number of H-pyrrole nitrogens is 1. The second-order valence-electron chi connectivity index (χ2n) is 3.54. The van der Waals surface area contributed by atoms with E-state index in [0.29, 0.717) is 25.9 Å². The lowest BCUT2D eigenvalue weighted by molar-refractivity contribution is 0.577. The fourth-order valence-corrected chi connectivity index (χ4v) is 2.41. The van der Waals surface area contributed by atoms with Crippen LogP contribution in [-0.4, -0.2) is 37.2 Å². The van der Waals surface area contributed by atoms with Crippen molar-refractivity contribution < 1.29 is 8.42 Å². The van der Waals surface area contributed by atoms with Crippen LogP contribution in [-0.2, 0) is 16.4 Å². The first-order valence-electron chi connectivity index (χ1n) is 5.29. The fraction of sp³-hybridized carbons (Fsp3) is 0.667. The van der Waals surface area contributed by atoms with Crippen molar-refractivity contribution in [3.63, 3.8) is 0 Å². The van der Waals surface area contributed by atoms with Crippen molar-refractivity contribution in [3.05, 3.63) is 18.2 Å². The minimum Gasteiger partial charge on any atom is -0.348 e. The van der Waals surface area contributed by atoms with E-state index in [9.17, 15) is 8.42 Å². The molecule has 6 nitrogen and oxygen atoms in total. The second kappa shape index (κ2) is 6.62. The van der Waals surface area contributed by atoms with Crippen LogP contribution >= 0.6 is 0 Å². The Balaban J connectivity index is 2.20. The molecule has 0 unspecified atom stereocenters. The van der Waals surface area contributed by atoms with E-state index in [1.807, 2.05) is 0 Å². The Morgan fingerprint density at radius 1 is 1.44 bits per heavy atom. The minimum atomic E-state index is -3.15. The SMILES string of the molecule is NCCCCS(=O)(=O)NCCc1cnc[nH]1. The molecule has 0 aliphatic heterocycles. The number of nitrogens with one attached hydrogen (secondary N) is 2. The standard InChI is InChI=1S/C9H18N4O2S/c10-4-1-2-6-16(14,15)13-5-3-9-7-11-8-12-9/h7-8,13H,1-6,10H2,(H,11,12). The largest absolute Gasteiger partial charge is 0.348 e. The van der Waals surface area contributed by atoms with Gasteiger partial charge in [-0.25, -0.2) is 18.1 Å². The van der Waals surface area contributed by atoms with Gasteiger partial charge in [0.2, 0.25) is 10.0 Å². The summed E-state index contributed by atoms with van der Waals surface area (Å²) in [5.41, 5.74) is 6.22. The van der Waals surface area contributed by atoms with E-state index in [-0.39, 0.29) is 5.75 Å². The molecule has 0 amide bonds. The van der Waals surface area contributed by atoms with Gasteiger partial charge < -0.3 is 10.7 Å². The van der Waals surface area contributed by atoms with Gasteiger partial charge in [-0.15, -0.1) is 0 Å². The van der Waals surface area contributed by atoms with Gasteiger partial charge in [0.25, 0.3) is 0 Å². The summed E-state index contributed by atoms with van der Waals surface area (Å²) in [7, 11) is -3.15. The first-order chi connectivity index (χ1) is 7.64. The van der Waals surface area contributed by atoms with Crippen molar-refractivity contribution >= 4 is 10.0 Å². The first kappa shape index (κ1) is 13.1. The molecule has 4 N–H and O–H groups in total. The number of aromatic amines is 1. The highest BCUT2D eigenvalue weighted by Crippen LogP contribution is 1.95. The quantitative estimate of drug-likeness (QED) is 0.544. The summed E-state index contributed by atoms with van der Waals surface area (Å²) in [5, 5.41) is 0. The summed E-state index contributed by atoms with van der Waals surface area (Å²) >= 11 is 0. The van der Waals surface area contributed by atoms with Gasteiger partial charge in [0.05, 0.1) is 12.1 Å². The maximum atomic E-state index is 11.5. The molecule has 0 aromatic carbocycles. The number of sulfonamides is 1. The molecular weight excluding hydrogens is 228 g/mol. The molecule has 0 aliphatic carbocycles. The Kier molecular flexibility index (Phi) is 5.44. The molecular formula is C9H18N4O2S. The van der Waals surface area contributed by atoms with E-state index in [1.165, 1.54) is 0 Å². The van der Waals surface area contributed by atoms with E-state index in [2.05, 4.69) is 14.7 Å². The maximum absolute atomic E-state index is 11.5. The highest BCUT2D eigenvalue weighted by Gasteiger charge is 2.08. The van der Waals surface area contributed by atoms with Crippen LogP contribution in [0.15, 0.2) is 12.5 Å². The van der Waals surface area contributed by atoms with Crippen molar-refractivity contribution in [1.82, 2.24) is 14.7 Å². The first-order valence-corrected chi connectivity index (χ1v) is 6.94. The van der Waals surface area contributed by atoms with E-state index in [0.717, 1.165) is 12.1 Å². The van der Waals surface area contributed by atoms with E-state index in [4.69, 9.17) is 5.73 Å². The van der Waals surface area contributed by atoms with E-state index in [1.54, 1.807) is 12.5 Å². The third kappa shape index (κ3) is 5.24. The Morgan fingerprint density at radius 2 is 2.25 bits per heavy atom. The molecule has 1 heterocycles. The van der Waals surface area contributed by atoms with Gasteiger partial charge in [-0.2, -0.15) is 0 Å². The summed E-state index contributed by atoms with van der Waals surface area (Å²) in [5.74, 6) is 0.146. The summed E-state index contributed by atoms with van der Waals surface area (Å²) in [6, 6.07) is 0. The van der Waals surface area contributed by atoms with Crippen molar-refractivity contribution in [2.24, 2.45) is 5.73 Å². The van der Waals surface area contributed by atoms with Crippen LogP contribution < -0.4 is 10.5 Å². The molecule has 0 atom stereocenters. The summed E-state index contributed by atoms with van der Waals surface area (Å²) in [6.07, 6.45) is 5.22. The zero-order valence-corrected chi connectivity index (χ0v) is 9.96. The highest BCUT2D eigenvalue weighted by molar-refractivity contribution is 7.89. The average molecular weight is 246 g/mol. The van der Waals surface area contributed by atoms with E-state index < -0.39 is 10.0 Å². The molecule has 1 aromatic heterocycles. The summed E-state index contributed by atoms with van der Waals surface area (Å²) < 4.78 is 25.5. The van der Waals surface area contributed by atoms with Crippen LogP contribution in [0.3, 0.4) is 0 Å². The van der Waals surface area contributed by atoms with Crippen molar-refractivity contribution in [1.29, 1.82) is 0 Å². The molecule has 7 heteroatoms. The Hall–Kier alpha value is -0.920. The number of aromatic nitrogens is 2. The third-order valence-corrected chi connectivity index (χ3v) is 3.61. The molecule has 0 fully saturated rings. The normalized spacial score (nSPS) is 11.8. The van der Waals surface area contributed by atoms with Crippen LogP contribution in [0.2, 0.25) is 0 Å². The zero-order valence-electron chi connectivity index (χ0n) is 9.15. The van der Waals surface area contributed by atoms with Gasteiger partial charge in [-0.3, -0.25) is 0 Å². The van der Waals surface area contributed by atoms with Crippen LogP contribution in [0, 0.1) is 0 Å². The minimum absolute atomic E-state index is 0.146. The number of hydrogen-bond acceptors (Lipinski definition) is 4. The zero-order chi connectivity index (χ0) is 11.9. The lowest BCUT2D eigenvalue weighted by Crippen LogP contribution is -2.28. The molecule has 0 saturated heterocycles. The van der Waals surface area contributed by atoms with Crippen molar-refractivity contribution in [2.75, 3.05) is 18.8 Å². The van der Waals surface area contributed by atoms with Crippen LogP contribution in [0.25, 0.3) is 0 Å². The van der Waals surface area contributed by atoms with Crippen molar-refractivity contribution in [3.8, 4) is 0 Å². The summed E-state index contributed by atoms with van der Waals surface area (Å²) in [4.78, 5) is 6.76. The molecule has 1 aromatic rings. The van der Waals surface area contributed by atoms with Gasteiger partial charge in [0, 0.05) is 24.9 Å². The second-order valence-corrected chi connectivity index (χ2v) is 5.46. The molecule has 0 saturated carbocycles.